The number of esters is 1. The summed E-state index contributed by atoms with van der Waals surface area (Å²) in [6.45, 7) is 11.0. The molecule has 2 aliphatic rings. The van der Waals surface area contributed by atoms with Crippen molar-refractivity contribution in [3.63, 3.8) is 0 Å². The topological polar surface area (TPSA) is 96.2 Å². The number of quaternary nitrogens is 1. The summed E-state index contributed by atoms with van der Waals surface area (Å²) in [7, 11) is 1.50. The molecule has 0 aliphatic heterocycles. The van der Waals surface area contributed by atoms with E-state index in [1.54, 1.807) is 18.5 Å². The Bertz CT molecular complexity index is 830. The number of hydrogen-bond acceptors (Lipinski definition) is 5. The number of methoxy groups -OCH3 is 1. The van der Waals surface area contributed by atoms with E-state index in [0.29, 0.717) is 12.5 Å². The third-order valence-corrected chi connectivity index (χ3v) is 8.24. The molecule has 1 aromatic heterocycles. The number of allylic oxidation sites excluding steroid dienone is 1. The fourth-order valence-electron chi connectivity index (χ4n) is 6.41. The van der Waals surface area contributed by atoms with Crippen LogP contribution in [0.4, 0.5) is 0 Å². The van der Waals surface area contributed by atoms with Crippen molar-refractivity contribution >= 4 is 11.9 Å². The fourth-order valence-corrected chi connectivity index (χ4v) is 6.41. The van der Waals surface area contributed by atoms with E-state index in [4.69, 9.17) is 9.15 Å². The molecule has 2 N–H and O–H groups in total. The SMILES string of the molecule is C=C1CC[C@@H]2[C@](C)(CCC[C@]2(C)C(=O)OC)[C@H]1CCc1ccoc1C[NH2+][C@H](C)C(=O)[O-]. The standard InChI is InChI=1S/C25H37NO5/c1-16-7-10-21-24(3,12-6-13-25(21,4)23(29)30-5)19(16)9-8-18-11-14-31-20(18)15-26-17(2)22(27)28/h11,14,17,19,21,26H,1,6-10,12-13,15H2,2-5H3,(H,27,28)/t17-,19+,21-,24-,25+/m1/s1. The minimum Gasteiger partial charge on any atom is -0.544 e. The van der Waals surface area contributed by atoms with E-state index in [-0.39, 0.29) is 17.3 Å². The van der Waals surface area contributed by atoms with E-state index in [9.17, 15) is 14.7 Å². The molecule has 0 amide bonds. The predicted octanol–water partition coefficient (Wildman–Crippen LogP) is 2.37. The molecule has 0 aromatic carbocycles. The van der Waals surface area contributed by atoms with Crippen LogP contribution in [0.25, 0.3) is 0 Å². The number of carbonyl (C=O) groups is 2. The maximum Gasteiger partial charge on any atom is 0.311 e. The molecule has 0 bridgehead atoms. The second-order valence-corrected chi connectivity index (χ2v) is 10.0. The highest BCUT2D eigenvalue weighted by molar-refractivity contribution is 5.77. The maximum atomic E-state index is 12.7. The second kappa shape index (κ2) is 9.19. The molecule has 0 spiro atoms. The number of carboxylic acid groups (broad SMARTS) is 1. The van der Waals surface area contributed by atoms with Gasteiger partial charge in [-0.3, -0.25) is 4.79 Å². The fraction of sp³-hybridized carbons (Fsp3) is 0.680. The van der Waals surface area contributed by atoms with Crippen molar-refractivity contribution < 1.29 is 29.2 Å². The Morgan fingerprint density at radius 2 is 2.13 bits per heavy atom. The zero-order valence-corrected chi connectivity index (χ0v) is 19.4. The number of aryl methyl sites for hydroxylation is 1. The van der Waals surface area contributed by atoms with Gasteiger partial charge in [-0.05, 0) is 81.3 Å². The molecule has 1 heterocycles. The molecule has 3 rings (SSSR count). The zero-order valence-electron chi connectivity index (χ0n) is 19.4. The van der Waals surface area contributed by atoms with Gasteiger partial charge in [-0.1, -0.05) is 25.5 Å². The van der Waals surface area contributed by atoms with Gasteiger partial charge in [-0.25, -0.2) is 0 Å². The van der Waals surface area contributed by atoms with Crippen molar-refractivity contribution in [1.29, 1.82) is 0 Å². The largest absolute Gasteiger partial charge is 0.544 e. The van der Waals surface area contributed by atoms with Crippen LogP contribution in [0.15, 0.2) is 28.9 Å². The maximum absolute atomic E-state index is 12.7. The van der Waals surface area contributed by atoms with Gasteiger partial charge < -0.3 is 24.4 Å². The van der Waals surface area contributed by atoms with Crippen LogP contribution in [-0.2, 0) is 27.3 Å². The number of carboxylic acids is 1. The van der Waals surface area contributed by atoms with E-state index >= 15 is 0 Å². The number of fused-ring (bicyclic) bond motifs is 1. The number of nitrogens with two attached hydrogens (primary N) is 1. The molecule has 31 heavy (non-hydrogen) atoms. The van der Waals surface area contributed by atoms with Gasteiger partial charge in [0.2, 0.25) is 0 Å². The zero-order chi connectivity index (χ0) is 22.8. The van der Waals surface area contributed by atoms with Crippen LogP contribution in [0.3, 0.4) is 0 Å². The molecule has 6 nitrogen and oxygen atoms in total. The number of aliphatic carboxylic acids is 1. The van der Waals surface area contributed by atoms with Crippen LogP contribution in [0.1, 0.15) is 70.6 Å². The van der Waals surface area contributed by atoms with Crippen molar-refractivity contribution in [2.75, 3.05) is 7.11 Å². The summed E-state index contributed by atoms with van der Waals surface area (Å²) in [6.07, 6.45) is 8.43. The number of hydrogen-bond donors (Lipinski definition) is 1. The lowest BCUT2D eigenvalue weighted by Gasteiger charge is -2.57. The summed E-state index contributed by atoms with van der Waals surface area (Å²) < 4.78 is 10.9. The van der Waals surface area contributed by atoms with Crippen LogP contribution in [0.2, 0.25) is 0 Å². The molecule has 0 unspecified atom stereocenters. The van der Waals surface area contributed by atoms with Gasteiger partial charge in [-0.2, -0.15) is 0 Å². The average Bonchev–Trinajstić information content (AvgIpc) is 3.17. The number of carbonyl (C=O) groups excluding carboxylic acids is 2. The van der Waals surface area contributed by atoms with Gasteiger partial charge >= 0.3 is 5.97 Å². The minimum absolute atomic E-state index is 0.0238. The Kier molecular flexibility index (Phi) is 6.99. The number of rotatable bonds is 8. The molecule has 6 heteroatoms. The van der Waals surface area contributed by atoms with Crippen LogP contribution in [-0.4, -0.2) is 25.1 Å². The predicted molar refractivity (Wildman–Crippen MR) is 115 cm³/mol. The third kappa shape index (κ3) is 4.45. The summed E-state index contributed by atoms with van der Waals surface area (Å²) >= 11 is 0. The Hall–Kier alpha value is -2.08. The van der Waals surface area contributed by atoms with Crippen LogP contribution in [0.5, 0.6) is 0 Å². The van der Waals surface area contributed by atoms with Crippen molar-refractivity contribution in [3.05, 3.63) is 35.8 Å². The van der Waals surface area contributed by atoms with E-state index in [1.165, 1.54) is 12.7 Å². The monoisotopic (exact) mass is 431 g/mol. The Balaban J connectivity index is 1.75. The van der Waals surface area contributed by atoms with Gasteiger partial charge in [0.05, 0.1) is 24.8 Å². The first-order valence-electron chi connectivity index (χ1n) is 11.5. The Labute approximate surface area is 185 Å². The highest BCUT2D eigenvalue weighted by Gasteiger charge is 2.57. The Morgan fingerprint density at radius 1 is 1.39 bits per heavy atom. The lowest BCUT2D eigenvalue weighted by atomic mass is 9.46. The molecule has 0 radical (unpaired) electrons. The van der Waals surface area contributed by atoms with Gasteiger partial charge in [-0.15, -0.1) is 0 Å². The highest BCUT2D eigenvalue weighted by atomic mass is 16.5. The normalized spacial score (nSPS) is 31.7. The van der Waals surface area contributed by atoms with Crippen LogP contribution >= 0.6 is 0 Å². The van der Waals surface area contributed by atoms with Crippen molar-refractivity contribution in [1.82, 2.24) is 0 Å². The summed E-state index contributed by atoms with van der Waals surface area (Å²) in [4.78, 5) is 23.7. The molecule has 1 aromatic rings. The van der Waals surface area contributed by atoms with Crippen LogP contribution in [0, 0.1) is 22.7 Å². The summed E-state index contributed by atoms with van der Waals surface area (Å²) in [5.41, 5.74) is 2.00. The molecular weight excluding hydrogens is 394 g/mol. The highest BCUT2D eigenvalue weighted by Crippen LogP contribution is 2.62. The van der Waals surface area contributed by atoms with Crippen molar-refractivity contribution in [2.24, 2.45) is 22.7 Å². The van der Waals surface area contributed by atoms with E-state index in [0.717, 1.165) is 56.3 Å². The quantitative estimate of drug-likeness (QED) is 0.504. The number of furan rings is 1. The molecule has 5 atom stereocenters. The molecule has 2 aliphatic carbocycles. The minimum atomic E-state index is -1.07. The van der Waals surface area contributed by atoms with E-state index < -0.39 is 17.4 Å². The molecule has 0 saturated heterocycles. The molecule has 2 saturated carbocycles. The van der Waals surface area contributed by atoms with E-state index in [1.807, 2.05) is 6.07 Å². The summed E-state index contributed by atoms with van der Waals surface area (Å²) in [5, 5.41) is 12.7. The van der Waals surface area contributed by atoms with Gasteiger partial charge in [0.15, 0.2) is 5.76 Å². The average molecular weight is 432 g/mol. The summed E-state index contributed by atoms with van der Waals surface area (Å²) in [6, 6.07) is 1.37. The lowest BCUT2D eigenvalue weighted by molar-refractivity contribution is -0.696. The summed E-state index contributed by atoms with van der Waals surface area (Å²) in [5.74, 6) is 0.294. The Morgan fingerprint density at radius 3 is 2.81 bits per heavy atom. The smallest absolute Gasteiger partial charge is 0.311 e. The third-order valence-electron chi connectivity index (χ3n) is 8.24. The molecular formula is C25H37NO5. The van der Waals surface area contributed by atoms with Gasteiger partial charge in [0, 0.05) is 0 Å². The first-order chi connectivity index (χ1) is 14.6. The van der Waals surface area contributed by atoms with E-state index in [2.05, 4.69) is 20.4 Å². The van der Waals surface area contributed by atoms with Gasteiger partial charge in [0.25, 0.3) is 0 Å². The lowest BCUT2D eigenvalue weighted by Crippen LogP contribution is -2.90. The van der Waals surface area contributed by atoms with Gasteiger partial charge in [0.1, 0.15) is 12.6 Å². The first kappa shape index (κ1) is 23.6. The van der Waals surface area contributed by atoms with Crippen LogP contribution < -0.4 is 10.4 Å². The first-order valence-corrected chi connectivity index (χ1v) is 11.5. The van der Waals surface area contributed by atoms with Crippen molar-refractivity contribution in [3.8, 4) is 0 Å². The van der Waals surface area contributed by atoms with Crippen molar-refractivity contribution in [2.45, 2.75) is 78.3 Å². The number of ether oxygens (including phenoxy) is 1. The molecule has 172 valence electrons. The second-order valence-electron chi connectivity index (χ2n) is 10.0. The molecule has 2 fully saturated rings.